The Morgan fingerprint density at radius 1 is 1.18 bits per heavy atom. The molecule has 1 heterocycles. The van der Waals surface area contributed by atoms with E-state index in [1.165, 1.54) is 6.26 Å². The molecule has 144 valence electrons. The minimum absolute atomic E-state index is 0.0561. The van der Waals surface area contributed by atoms with E-state index in [4.69, 9.17) is 25.0 Å². The Morgan fingerprint density at radius 3 is 2.61 bits per heavy atom. The van der Waals surface area contributed by atoms with Gasteiger partial charge in [0.05, 0.1) is 12.9 Å². The number of fused-ring (bicyclic) bond motifs is 1. The maximum atomic E-state index is 12.5. The van der Waals surface area contributed by atoms with Crippen LogP contribution in [0.1, 0.15) is 23.0 Å². The first-order chi connectivity index (χ1) is 13.5. The molecular weight excluding hydrogens is 362 g/mol. The second-order valence-electron chi connectivity index (χ2n) is 5.85. The van der Waals surface area contributed by atoms with E-state index in [1.807, 2.05) is 0 Å². The van der Waals surface area contributed by atoms with Gasteiger partial charge >= 0.3 is 5.97 Å². The number of nitrogens with two attached hydrogens (primary N) is 1. The third kappa shape index (κ3) is 4.29. The molecule has 0 unspecified atom stereocenters. The molecule has 0 spiro atoms. The normalized spacial score (nSPS) is 10.5. The zero-order chi connectivity index (χ0) is 20.1. The Morgan fingerprint density at radius 2 is 1.93 bits per heavy atom. The second kappa shape index (κ2) is 8.26. The van der Waals surface area contributed by atoms with E-state index in [9.17, 15) is 9.59 Å². The highest BCUT2D eigenvalue weighted by Crippen LogP contribution is 2.24. The summed E-state index contributed by atoms with van der Waals surface area (Å²) in [6.07, 6.45) is 1.45. The van der Waals surface area contributed by atoms with Crippen LogP contribution in [0.2, 0.25) is 0 Å². The number of anilines is 1. The summed E-state index contributed by atoms with van der Waals surface area (Å²) in [5.41, 5.74) is 6.57. The van der Waals surface area contributed by atoms with Crippen LogP contribution >= 0.6 is 0 Å². The van der Waals surface area contributed by atoms with E-state index in [1.54, 1.807) is 49.4 Å². The predicted molar refractivity (Wildman–Crippen MR) is 104 cm³/mol. The zero-order valence-electron chi connectivity index (χ0n) is 15.2. The second-order valence-corrected chi connectivity index (χ2v) is 5.85. The van der Waals surface area contributed by atoms with E-state index >= 15 is 0 Å². The van der Waals surface area contributed by atoms with E-state index < -0.39 is 11.9 Å². The van der Waals surface area contributed by atoms with E-state index in [-0.39, 0.29) is 18.2 Å². The van der Waals surface area contributed by atoms with Gasteiger partial charge in [0.2, 0.25) is 0 Å². The molecule has 0 aliphatic heterocycles. The molecule has 0 saturated carbocycles. The third-order valence-corrected chi connectivity index (χ3v) is 3.89. The molecule has 1 aromatic heterocycles. The van der Waals surface area contributed by atoms with E-state index in [2.05, 4.69) is 5.32 Å². The Kier molecular flexibility index (Phi) is 5.59. The van der Waals surface area contributed by atoms with E-state index in [0.717, 1.165) is 0 Å². The van der Waals surface area contributed by atoms with Crippen LogP contribution in [0.5, 0.6) is 5.75 Å². The van der Waals surface area contributed by atoms with Crippen molar-refractivity contribution in [2.45, 2.75) is 6.92 Å². The Balaban J connectivity index is 1.67. The van der Waals surface area contributed by atoms with Gasteiger partial charge < -0.3 is 24.9 Å². The lowest BCUT2D eigenvalue weighted by atomic mass is 10.1. The van der Waals surface area contributed by atoms with Crippen molar-refractivity contribution < 1.29 is 23.5 Å². The number of esters is 1. The average Bonchev–Trinajstić information content (AvgIpc) is 3.11. The first kappa shape index (κ1) is 19.0. The number of hydrogen-bond acceptors (Lipinski definition) is 6. The predicted octanol–water partition coefficient (Wildman–Crippen LogP) is 2.91. The number of benzene rings is 2. The summed E-state index contributed by atoms with van der Waals surface area (Å²) < 4.78 is 15.5. The molecule has 0 aliphatic rings. The van der Waals surface area contributed by atoms with Gasteiger partial charge in [-0.1, -0.05) is 6.07 Å². The quantitative estimate of drug-likeness (QED) is 0.328. The van der Waals surface area contributed by atoms with Crippen LogP contribution in [0.15, 0.2) is 53.1 Å². The fourth-order valence-corrected chi connectivity index (χ4v) is 2.56. The zero-order valence-corrected chi connectivity index (χ0v) is 15.2. The minimum Gasteiger partial charge on any atom is -0.482 e. The van der Waals surface area contributed by atoms with Gasteiger partial charge in [-0.2, -0.15) is 0 Å². The standard InChI is InChI=1S/C20H19N3O5/c1-2-26-17(24)11-27-15-6-4-14(5-7-15)23-20(25)18-16-8-3-12(19(21)22)9-13(16)10-28-18/h3-10H,2,11H2,1H3,(H3,21,22)(H,23,25). The molecule has 28 heavy (non-hydrogen) atoms. The summed E-state index contributed by atoms with van der Waals surface area (Å²) in [7, 11) is 0. The summed E-state index contributed by atoms with van der Waals surface area (Å²) in [6.45, 7) is 1.84. The molecule has 2 aromatic carbocycles. The van der Waals surface area contributed by atoms with Gasteiger partial charge in [0.1, 0.15) is 11.6 Å². The van der Waals surface area contributed by atoms with Crippen molar-refractivity contribution in [2.75, 3.05) is 18.5 Å². The molecule has 8 heteroatoms. The van der Waals surface area contributed by atoms with Crippen molar-refractivity contribution in [3.63, 3.8) is 0 Å². The van der Waals surface area contributed by atoms with Gasteiger partial charge in [0.25, 0.3) is 5.91 Å². The largest absolute Gasteiger partial charge is 0.482 e. The first-order valence-corrected chi connectivity index (χ1v) is 8.53. The summed E-state index contributed by atoms with van der Waals surface area (Å²) in [5, 5.41) is 11.5. The number of hydrogen-bond donors (Lipinski definition) is 3. The van der Waals surface area contributed by atoms with E-state index in [0.29, 0.717) is 34.4 Å². The van der Waals surface area contributed by atoms with Gasteiger partial charge in [-0.25, -0.2) is 4.79 Å². The molecule has 0 aliphatic carbocycles. The third-order valence-electron chi connectivity index (χ3n) is 3.89. The molecule has 3 rings (SSSR count). The number of nitrogen functional groups attached to an aromatic ring is 1. The fraction of sp³-hybridized carbons (Fsp3) is 0.150. The minimum atomic E-state index is -0.447. The van der Waals surface area contributed by atoms with Gasteiger partial charge in [-0.3, -0.25) is 10.2 Å². The molecule has 0 bridgehead atoms. The molecule has 0 atom stereocenters. The van der Waals surface area contributed by atoms with Crippen LogP contribution < -0.4 is 15.8 Å². The summed E-state index contributed by atoms with van der Waals surface area (Å²) in [6, 6.07) is 11.6. The number of ether oxygens (including phenoxy) is 2. The molecule has 1 amide bonds. The molecule has 0 radical (unpaired) electrons. The van der Waals surface area contributed by atoms with Crippen molar-refractivity contribution >= 4 is 34.2 Å². The molecule has 3 aromatic rings. The van der Waals surface area contributed by atoms with Gasteiger partial charge in [-0.15, -0.1) is 0 Å². The van der Waals surface area contributed by atoms with Crippen LogP contribution in [0.4, 0.5) is 5.69 Å². The molecule has 4 N–H and O–H groups in total. The highest BCUT2D eigenvalue weighted by Gasteiger charge is 2.16. The maximum absolute atomic E-state index is 12.5. The maximum Gasteiger partial charge on any atom is 0.344 e. The molecule has 0 fully saturated rings. The molecule has 0 saturated heterocycles. The van der Waals surface area contributed by atoms with Crippen LogP contribution in [-0.2, 0) is 9.53 Å². The van der Waals surface area contributed by atoms with Crippen molar-refractivity contribution in [3.05, 3.63) is 60.1 Å². The highest BCUT2D eigenvalue weighted by molar-refractivity contribution is 6.12. The van der Waals surface area contributed by atoms with Crippen molar-refractivity contribution in [1.29, 1.82) is 5.41 Å². The molecular formula is C20H19N3O5. The summed E-state index contributed by atoms with van der Waals surface area (Å²) in [4.78, 5) is 23.8. The average molecular weight is 381 g/mol. The van der Waals surface area contributed by atoms with Gasteiger partial charge in [0, 0.05) is 22.0 Å². The summed E-state index contributed by atoms with van der Waals surface area (Å²) in [5.74, 6) is -0.276. The Labute approximate surface area is 160 Å². The van der Waals surface area contributed by atoms with Crippen molar-refractivity contribution in [1.82, 2.24) is 0 Å². The number of amidine groups is 1. The Hall–Kier alpha value is -3.81. The SMILES string of the molecule is CCOC(=O)COc1ccc(NC(=O)c2occ3cc(C(=N)N)ccc23)cc1. The number of carbonyl (C=O) groups is 2. The molecule has 8 nitrogen and oxygen atoms in total. The topological polar surface area (TPSA) is 128 Å². The van der Waals surface area contributed by atoms with Crippen LogP contribution in [-0.4, -0.2) is 30.9 Å². The lowest BCUT2D eigenvalue weighted by molar-refractivity contribution is -0.145. The first-order valence-electron chi connectivity index (χ1n) is 8.53. The van der Waals surface area contributed by atoms with Crippen molar-refractivity contribution in [3.8, 4) is 5.75 Å². The van der Waals surface area contributed by atoms with Gasteiger partial charge in [-0.05, 0) is 43.3 Å². The number of carbonyl (C=O) groups excluding carboxylic acids is 2. The fourth-order valence-electron chi connectivity index (χ4n) is 2.56. The monoisotopic (exact) mass is 381 g/mol. The lowest BCUT2D eigenvalue weighted by Crippen LogP contribution is -2.14. The van der Waals surface area contributed by atoms with Crippen molar-refractivity contribution in [2.24, 2.45) is 5.73 Å². The number of amides is 1. The number of rotatable bonds is 7. The van der Waals surface area contributed by atoms with Crippen LogP contribution in [0.3, 0.4) is 0 Å². The summed E-state index contributed by atoms with van der Waals surface area (Å²) >= 11 is 0. The Bertz CT molecular complexity index is 1020. The highest BCUT2D eigenvalue weighted by atomic mass is 16.6. The smallest absolute Gasteiger partial charge is 0.344 e. The number of furan rings is 1. The lowest BCUT2D eigenvalue weighted by Gasteiger charge is -2.07. The van der Waals surface area contributed by atoms with Gasteiger partial charge in [0.15, 0.2) is 12.4 Å². The van der Waals surface area contributed by atoms with Crippen LogP contribution in [0.25, 0.3) is 10.8 Å². The number of nitrogens with one attached hydrogen (secondary N) is 2. The van der Waals surface area contributed by atoms with Crippen LogP contribution in [0, 0.1) is 5.41 Å².